The molecule has 0 unspecified atom stereocenters. The van der Waals surface area contributed by atoms with E-state index in [0.29, 0.717) is 0 Å². The molecular weight excluding hydrogens is 242 g/mol. The van der Waals surface area contributed by atoms with Crippen LogP contribution in [0.1, 0.15) is 0 Å². The summed E-state index contributed by atoms with van der Waals surface area (Å²) in [6, 6.07) is -1.91. The molecule has 0 atom stereocenters. The molecule has 76 valence electrons. The largest absolute Gasteiger partial charge is 0.352 e. The van der Waals surface area contributed by atoms with Gasteiger partial charge in [-0.15, -0.1) is 0 Å². The van der Waals surface area contributed by atoms with Gasteiger partial charge in [-0.3, -0.25) is 0 Å². The van der Waals surface area contributed by atoms with Crippen molar-refractivity contribution in [1.82, 2.24) is 10.6 Å². The highest BCUT2D eigenvalue weighted by Gasteiger charge is 2.34. The van der Waals surface area contributed by atoms with Crippen LogP contribution in [-0.4, -0.2) is 22.0 Å². The number of halogens is 3. The van der Waals surface area contributed by atoms with Gasteiger partial charge in [0.25, 0.3) is 0 Å². The quantitative estimate of drug-likeness (QED) is 0.409. The van der Waals surface area contributed by atoms with Crippen molar-refractivity contribution >= 4 is 46.9 Å². The van der Waals surface area contributed by atoms with Gasteiger partial charge in [-0.05, 0) is 0 Å². The molecule has 4 amide bonds. The zero-order valence-corrected chi connectivity index (χ0v) is 8.45. The number of primary amides is 2. The number of carbonyl (C=O) groups is 2. The molecule has 0 heterocycles. The Bertz CT molecular complexity index is 200. The summed E-state index contributed by atoms with van der Waals surface area (Å²) in [6.07, 6.45) is -1.27. The van der Waals surface area contributed by atoms with Crippen LogP contribution in [0.5, 0.6) is 0 Å². The Morgan fingerprint density at radius 2 is 1.38 bits per heavy atom. The number of nitrogens with one attached hydrogen (secondary N) is 2. The molecule has 13 heavy (non-hydrogen) atoms. The van der Waals surface area contributed by atoms with Crippen molar-refractivity contribution in [3.05, 3.63) is 0 Å². The van der Waals surface area contributed by atoms with E-state index < -0.39 is 22.0 Å². The third-order valence-electron chi connectivity index (χ3n) is 0.901. The standard InChI is InChI=1S/C4H7Cl3N4O2/c5-4(6,7)1(10-2(8)12)11-3(9)13/h1H,(H3,8,10,12)(H3,9,11,13). The van der Waals surface area contributed by atoms with Gasteiger partial charge < -0.3 is 22.1 Å². The number of hydrogen-bond acceptors (Lipinski definition) is 2. The van der Waals surface area contributed by atoms with E-state index >= 15 is 0 Å². The van der Waals surface area contributed by atoms with Crippen LogP contribution in [0.2, 0.25) is 0 Å². The van der Waals surface area contributed by atoms with Gasteiger partial charge >= 0.3 is 12.1 Å². The van der Waals surface area contributed by atoms with Gasteiger partial charge in [0, 0.05) is 0 Å². The minimum Gasteiger partial charge on any atom is -0.352 e. The van der Waals surface area contributed by atoms with Gasteiger partial charge in [0.1, 0.15) is 0 Å². The molecule has 0 radical (unpaired) electrons. The molecular formula is C4H7Cl3N4O2. The van der Waals surface area contributed by atoms with Crippen LogP contribution in [0.15, 0.2) is 0 Å². The maximum atomic E-state index is 10.4. The van der Waals surface area contributed by atoms with Gasteiger partial charge in [-0.1, -0.05) is 34.8 Å². The summed E-state index contributed by atoms with van der Waals surface area (Å²) in [5.41, 5.74) is 9.50. The summed E-state index contributed by atoms with van der Waals surface area (Å²) in [4.78, 5) is 20.8. The molecule has 0 saturated carbocycles. The fraction of sp³-hybridized carbons (Fsp3) is 0.500. The fourth-order valence-electron chi connectivity index (χ4n) is 0.484. The highest BCUT2D eigenvalue weighted by molar-refractivity contribution is 6.68. The van der Waals surface area contributed by atoms with Crippen molar-refractivity contribution < 1.29 is 9.59 Å². The smallest absolute Gasteiger partial charge is 0.313 e. The van der Waals surface area contributed by atoms with Gasteiger partial charge in [0.2, 0.25) is 3.79 Å². The Labute approximate surface area is 88.8 Å². The number of amides is 4. The molecule has 6 nitrogen and oxygen atoms in total. The Balaban J connectivity index is 4.37. The molecule has 0 aromatic heterocycles. The fourth-order valence-corrected chi connectivity index (χ4v) is 0.812. The molecule has 0 aliphatic carbocycles. The predicted molar refractivity (Wildman–Crippen MR) is 49.5 cm³/mol. The van der Waals surface area contributed by atoms with E-state index in [1.165, 1.54) is 0 Å². The number of rotatable bonds is 2. The number of hydrogen-bond donors (Lipinski definition) is 4. The topological polar surface area (TPSA) is 110 Å². The van der Waals surface area contributed by atoms with Crippen molar-refractivity contribution in [2.75, 3.05) is 0 Å². The van der Waals surface area contributed by atoms with Crippen LogP contribution in [0, 0.1) is 0 Å². The number of urea groups is 2. The molecule has 0 aliphatic heterocycles. The predicted octanol–water partition coefficient (Wildman–Crippen LogP) is 0.0193. The summed E-state index contributed by atoms with van der Waals surface area (Å²) < 4.78 is -1.93. The number of nitrogens with two attached hydrogens (primary N) is 2. The molecule has 0 bridgehead atoms. The van der Waals surface area contributed by atoms with Crippen molar-refractivity contribution in [2.24, 2.45) is 11.5 Å². The summed E-state index contributed by atoms with van der Waals surface area (Å²) in [7, 11) is 0. The van der Waals surface area contributed by atoms with Crippen LogP contribution >= 0.6 is 34.8 Å². The third kappa shape index (κ3) is 5.62. The lowest BCUT2D eigenvalue weighted by molar-refractivity contribution is 0.235. The molecule has 6 N–H and O–H groups in total. The van der Waals surface area contributed by atoms with Crippen LogP contribution in [0.3, 0.4) is 0 Å². The highest BCUT2D eigenvalue weighted by atomic mass is 35.6. The van der Waals surface area contributed by atoms with Crippen LogP contribution in [0.4, 0.5) is 9.59 Å². The molecule has 0 saturated heterocycles. The summed E-state index contributed by atoms with van der Waals surface area (Å²) in [5.74, 6) is 0. The maximum absolute atomic E-state index is 10.4. The van der Waals surface area contributed by atoms with E-state index in [2.05, 4.69) is 0 Å². The first-order valence-corrected chi connectivity index (χ1v) is 4.05. The average molecular weight is 249 g/mol. The van der Waals surface area contributed by atoms with Gasteiger partial charge in [0.15, 0.2) is 6.17 Å². The lowest BCUT2D eigenvalue weighted by Crippen LogP contribution is -2.57. The lowest BCUT2D eigenvalue weighted by Gasteiger charge is -2.24. The molecule has 0 spiro atoms. The Hall–Kier alpha value is -0.590. The molecule has 9 heteroatoms. The Kier molecular flexibility index (Phi) is 4.38. The van der Waals surface area contributed by atoms with Crippen molar-refractivity contribution in [3.8, 4) is 0 Å². The summed E-state index contributed by atoms with van der Waals surface area (Å²) in [6.45, 7) is 0. The number of carbonyl (C=O) groups excluding carboxylic acids is 2. The average Bonchev–Trinajstić information content (AvgIpc) is 1.81. The molecule has 0 aliphatic rings. The first-order valence-electron chi connectivity index (χ1n) is 2.92. The normalized spacial score (nSPS) is 11.1. The van der Waals surface area contributed by atoms with E-state index in [4.69, 9.17) is 46.3 Å². The van der Waals surface area contributed by atoms with Crippen molar-refractivity contribution in [3.63, 3.8) is 0 Å². The second-order valence-electron chi connectivity index (χ2n) is 1.99. The third-order valence-corrected chi connectivity index (χ3v) is 1.56. The van der Waals surface area contributed by atoms with Gasteiger partial charge in [0.05, 0.1) is 0 Å². The highest BCUT2D eigenvalue weighted by Crippen LogP contribution is 2.28. The molecule has 0 aromatic carbocycles. The Morgan fingerprint density at radius 3 is 1.54 bits per heavy atom. The van der Waals surface area contributed by atoms with Gasteiger partial charge in [-0.2, -0.15) is 0 Å². The van der Waals surface area contributed by atoms with Crippen LogP contribution in [-0.2, 0) is 0 Å². The van der Waals surface area contributed by atoms with E-state index in [-0.39, 0.29) is 0 Å². The first-order chi connectivity index (χ1) is 5.73. The van der Waals surface area contributed by atoms with Crippen LogP contribution < -0.4 is 22.1 Å². The minimum absolute atomic E-state index is 0.954. The molecule has 0 fully saturated rings. The molecule has 0 aromatic rings. The lowest BCUT2D eigenvalue weighted by atomic mass is 10.5. The van der Waals surface area contributed by atoms with Crippen molar-refractivity contribution in [1.29, 1.82) is 0 Å². The zero-order chi connectivity index (χ0) is 10.6. The number of alkyl halides is 3. The van der Waals surface area contributed by atoms with Crippen LogP contribution in [0.25, 0.3) is 0 Å². The SMILES string of the molecule is NC(=O)NC(NC(N)=O)C(Cl)(Cl)Cl. The van der Waals surface area contributed by atoms with E-state index in [0.717, 1.165) is 0 Å². The van der Waals surface area contributed by atoms with E-state index in [1.54, 1.807) is 0 Å². The second kappa shape index (κ2) is 4.59. The van der Waals surface area contributed by atoms with E-state index in [9.17, 15) is 9.59 Å². The Morgan fingerprint density at radius 1 is 1.08 bits per heavy atom. The zero-order valence-electron chi connectivity index (χ0n) is 6.18. The monoisotopic (exact) mass is 248 g/mol. The van der Waals surface area contributed by atoms with E-state index in [1.807, 2.05) is 10.6 Å². The molecule has 0 rings (SSSR count). The minimum atomic E-state index is -1.93. The maximum Gasteiger partial charge on any atom is 0.313 e. The summed E-state index contributed by atoms with van der Waals surface area (Å²) >= 11 is 16.1. The second-order valence-corrected chi connectivity index (χ2v) is 4.36. The van der Waals surface area contributed by atoms with Gasteiger partial charge in [-0.25, -0.2) is 9.59 Å². The first kappa shape index (κ1) is 12.4. The van der Waals surface area contributed by atoms with Crippen molar-refractivity contribution in [2.45, 2.75) is 9.96 Å². The summed E-state index contributed by atoms with van der Waals surface area (Å²) in [5, 5.41) is 3.96.